The number of morpholine rings is 1. The Balaban J connectivity index is 1.26. The van der Waals surface area contributed by atoms with E-state index in [1.807, 2.05) is 49.4 Å². The summed E-state index contributed by atoms with van der Waals surface area (Å²) >= 11 is 0. The first kappa shape index (κ1) is 27.1. The van der Waals surface area contributed by atoms with Crippen molar-refractivity contribution in [3.05, 3.63) is 54.1 Å². The number of benzene rings is 2. The lowest BCUT2D eigenvalue weighted by Gasteiger charge is -2.26. The molecule has 3 heterocycles. The van der Waals surface area contributed by atoms with E-state index in [1.165, 1.54) is 0 Å². The molecular formula is C28H34N8O4. The van der Waals surface area contributed by atoms with E-state index in [-0.39, 0.29) is 12.5 Å². The van der Waals surface area contributed by atoms with Gasteiger partial charge in [-0.25, -0.2) is 5.43 Å². The summed E-state index contributed by atoms with van der Waals surface area (Å²) in [6.45, 7) is 6.35. The number of anilines is 4. The highest BCUT2D eigenvalue weighted by Crippen LogP contribution is 2.28. The molecule has 210 valence electrons. The van der Waals surface area contributed by atoms with Crippen LogP contribution in [0.5, 0.6) is 11.5 Å². The summed E-state index contributed by atoms with van der Waals surface area (Å²) in [6, 6.07) is 15.2. The summed E-state index contributed by atoms with van der Waals surface area (Å²) < 4.78 is 16.9. The molecule has 3 aromatic rings. The Bertz CT molecular complexity index is 1290. The Labute approximate surface area is 233 Å². The van der Waals surface area contributed by atoms with Crippen molar-refractivity contribution < 1.29 is 19.0 Å². The van der Waals surface area contributed by atoms with E-state index in [2.05, 4.69) is 35.7 Å². The Morgan fingerprint density at radius 3 is 2.52 bits per heavy atom. The van der Waals surface area contributed by atoms with Gasteiger partial charge >= 0.3 is 0 Å². The molecule has 2 fully saturated rings. The second kappa shape index (κ2) is 13.6. The molecule has 0 unspecified atom stereocenters. The molecule has 1 amide bonds. The maximum absolute atomic E-state index is 12.5. The average molecular weight is 547 g/mol. The number of para-hydroxylation sites is 1. The van der Waals surface area contributed by atoms with Crippen LogP contribution >= 0.6 is 0 Å². The molecule has 0 aliphatic carbocycles. The number of amides is 1. The number of hydrogen-bond acceptors (Lipinski definition) is 11. The molecule has 2 saturated heterocycles. The normalized spacial score (nSPS) is 15.3. The standard InChI is InChI=1S/C28H34N8O4/c1-2-39-24-18-21(10-11-23(24)40-20-25(37)35-14-16-38-17-15-35)19-29-34-27-31-26(30-22-8-4-3-5-9-22)32-28(33-27)36-12-6-7-13-36/h3-5,8-11,18-19H,2,6-7,12-17,20H2,1H3,(H2,30,31,32,33,34)/b29-19+. The molecule has 2 aliphatic heterocycles. The molecule has 5 rings (SSSR count). The molecule has 2 aliphatic rings. The molecule has 0 atom stereocenters. The van der Waals surface area contributed by atoms with Crippen LogP contribution in [0.4, 0.5) is 23.5 Å². The van der Waals surface area contributed by atoms with E-state index in [0.29, 0.717) is 62.3 Å². The smallest absolute Gasteiger partial charge is 0.260 e. The summed E-state index contributed by atoms with van der Waals surface area (Å²) in [5.74, 6) is 2.33. The quantitative estimate of drug-likeness (QED) is 0.273. The van der Waals surface area contributed by atoms with Crippen LogP contribution in [0.25, 0.3) is 0 Å². The first-order valence-electron chi connectivity index (χ1n) is 13.6. The molecule has 1 aromatic heterocycles. The van der Waals surface area contributed by atoms with E-state index in [4.69, 9.17) is 14.2 Å². The number of carbonyl (C=O) groups excluding carboxylic acids is 1. The van der Waals surface area contributed by atoms with Crippen LogP contribution in [-0.2, 0) is 9.53 Å². The number of nitrogens with zero attached hydrogens (tertiary/aromatic N) is 6. The van der Waals surface area contributed by atoms with Gasteiger partial charge in [0.15, 0.2) is 18.1 Å². The largest absolute Gasteiger partial charge is 0.490 e. The fourth-order valence-electron chi connectivity index (χ4n) is 4.38. The zero-order chi connectivity index (χ0) is 27.6. The zero-order valence-electron chi connectivity index (χ0n) is 22.6. The highest BCUT2D eigenvalue weighted by atomic mass is 16.5. The van der Waals surface area contributed by atoms with Crippen LogP contribution in [0.3, 0.4) is 0 Å². The first-order valence-corrected chi connectivity index (χ1v) is 13.6. The third-order valence-corrected chi connectivity index (χ3v) is 6.40. The van der Waals surface area contributed by atoms with Crippen molar-refractivity contribution in [2.75, 3.05) is 68.2 Å². The predicted molar refractivity (Wildman–Crippen MR) is 153 cm³/mol. The monoisotopic (exact) mass is 546 g/mol. The average Bonchev–Trinajstić information content (AvgIpc) is 3.53. The van der Waals surface area contributed by atoms with Gasteiger partial charge in [0.1, 0.15) is 0 Å². The van der Waals surface area contributed by atoms with E-state index in [0.717, 1.165) is 37.2 Å². The maximum Gasteiger partial charge on any atom is 0.260 e. The van der Waals surface area contributed by atoms with E-state index in [9.17, 15) is 4.79 Å². The SMILES string of the molecule is CCOc1cc(/C=N/Nc2nc(Nc3ccccc3)nc(N3CCCC3)n2)ccc1OCC(=O)N1CCOCC1. The van der Waals surface area contributed by atoms with Crippen LogP contribution in [0.15, 0.2) is 53.6 Å². The summed E-state index contributed by atoms with van der Waals surface area (Å²) in [4.78, 5) is 30.0. The topological polar surface area (TPSA) is 126 Å². The summed E-state index contributed by atoms with van der Waals surface area (Å²) in [7, 11) is 0. The van der Waals surface area contributed by atoms with Crippen molar-refractivity contribution in [3.8, 4) is 11.5 Å². The number of hydrazone groups is 1. The molecular weight excluding hydrogens is 512 g/mol. The van der Waals surface area contributed by atoms with Crippen molar-refractivity contribution in [3.63, 3.8) is 0 Å². The van der Waals surface area contributed by atoms with Gasteiger partial charge in [-0.1, -0.05) is 18.2 Å². The minimum Gasteiger partial charge on any atom is -0.490 e. The van der Waals surface area contributed by atoms with Gasteiger partial charge in [0, 0.05) is 31.9 Å². The van der Waals surface area contributed by atoms with Crippen LogP contribution < -0.4 is 25.1 Å². The van der Waals surface area contributed by atoms with Crippen molar-refractivity contribution in [1.82, 2.24) is 19.9 Å². The second-order valence-electron chi connectivity index (χ2n) is 9.26. The fourth-order valence-corrected chi connectivity index (χ4v) is 4.38. The molecule has 0 saturated carbocycles. The molecule has 2 aromatic carbocycles. The van der Waals surface area contributed by atoms with Crippen LogP contribution in [0, 0.1) is 0 Å². The number of ether oxygens (including phenoxy) is 3. The number of nitrogens with one attached hydrogen (secondary N) is 2. The van der Waals surface area contributed by atoms with Crippen molar-refractivity contribution in [1.29, 1.82) is 0 Å². The fraction of sp³-hybridized carbons (Fsp3) is 0.393. The van der Waals surface area contributed by atoms with Crippen molar-refractivity contribution in [2.45, 2.75) is 19.8 Å². The van der Waals surface area contributed by atoms with Crippen molar-refractivity contribution in [2.24, 2.45) is 5.10 Å². The Hall–Kier alpha value is -4.45. The highest BCUT2D eigenvalue weighted by molar-refractivity contribution is 5.81. The predicted octanol–water partition coefficient (Wildman–Crippen LogP) is 3.30. The minimum atomic E-state index is -0.0765. The lowest BCUT2D eigenvalue weighted by molar-refractivity contribution is -0.137. The van der Waals surface area contributed by atoms with Gasteiger partial charge in [0.2, 0.25) is 17.8 Å². The van der Waals surface area contributed by atoms with E-state index in [1.54, 1.807) is 17.2 Å². The number of hydrogen-bond donors (Lipinski definition) is 2. The van der Waals surface area contributed by atoms with Gasteiger partial charge in [-0.2, -0.15) is 20.1 Å². The van der Waals surface area contributed by atoms with E-state index >= 15 is 0 Å². The maximum atomic E-state index is 12.5. The molecule has 0 radical (unpaired) electrons. The molecule has 40 heavy (non-hydrogen) atoms. The van der Waals surface area contributed by atoms with Crippen LogP contribution in [0.1, 0.15) is 25.3 Å². The summed E-state index contributed by atoms with van der Waals surface area (Å²) in [5.41, 5.74) is 4.59. The molecule has 0 bridgehead atoms. The molecule has 2 N–H and O–H groups in total. The van der Waals surface area contributed by atoms with Gasteiger partial charge in [-0.05, 0) is 55.7 Å². The van der Waals surface area contributed by atoms with E-state index < -0.39 is 0 Å². The Morgan fingerprint density at radius 2 is 1.75 bits per heavy atom. The van der Waals surface area contributed by atoms with Gasteiger partial charge in [-0.3, -0.25) is 4.79 Å². The van der Waals surface area contributed by atoms with Gasteiger partial charge in [0.05, 0.1) is 26.0 Å². The second-order valence-corrected chi connectivity index (χ2v) is 9.26. The first-order chi connectivity index (χ1) is 19.7. The van der Waals surface area contributed by atoms with Gasteiger partial charge < -0.3 is 29.3 Å². The van der Waals surface area contributed by atoms with Crippen molar-refractivity contribution >= 4 is 35.7 Å². The number of aromatic nitrogens is 3. The molecule has 0 spiro atoms. The highest BCUT2D eigenvalue weighted by Gasteiger charge is 2.19. The Morgan fingerprint density at radius 1 is 0.975 bits per heavy atom. The zero-order valence-corrected chi connectivity index (χ0v) is 22.6. The third kappa shape index (κ3) is 7.35. The van der Waals surface area contributed by atoms with Gasteiger partial charge in [0.25, 0.3) is 5.91 Å². The molecule has 12 heteroatoms. The number of carbonyl (C=O) groups is 1. The number of rotatable bonds is 11. The molecule has 12 nitrogen and oxygen atoms in total. The lowest BCUT2D eigenvalue weighted by Crippen LogP contribution is -2.43. The lowest BCUT2D eigenvalue weighted by atomic mass is 10.2. The summed E-state index contributed by atoms with van der Waals surface area (Å²) in [5, 5.41) is 7.59. The summed E-state index contributed by atoms with van der Waals surface area (Å²) in [6.07, 6.45) is 3.86. The van der Waals surface area contributed by atoms with Gasteiger partial charge in [-0.15, -0.1) is 0 Å². The third-order valence-electron chi connectivity index (χ3n) is 6.40. The van der Waals surface area contributed by atoms with Crippen LogP contribution in [-0.4, -0.2) is 84.6 Å². The van der Waals surface area contributed by atoms with Crippen LogP contribution in [0.2, 0.25) is 0 Å². The minimum absolute atomic E-state index is 0.0624. The Kier molecular flexibility index (Phi) is 9.20.